The highest BCUT2D eigenvalue weighted by atomic mass is 16.4. The van der Waals surface area contributed by atoms with E-state index in [1.165, 1.54) is 0 Å². The van der Waals surface area contributed by atoms with Gasteiger partial charge in [-0.3, -0.25) is 9.69 Å². The average Bonchev–Trinajstić information content (AvgIpc) is 2.45. The summed E-state index contributed by atoms with van der Waals surface area (Å²) < 4.78 is 0. The van der Waals surface area contributed by atoms with Crippen LogP contribution in [0, 0.1) is 5.92 Å². The van der Waals surface area contributed by atoms with Gasteiger partial charge in [-0.1, -0.05) is 13.8 Å². The van der Waals surface area contributed by atoms with E-state index in [0.717, 1.165) is 6.42 Å². The minimum Gasteiger partial charge on any atom is -0.465 e. The Kier molecular flexibility index (Phi) is 7.57. The number of nitrogens with one attached hydrogen (secondary N) is 1. The maximum atomic E-state index is 11.9. The summed E-state index contributed by atoms with van der Waals surface area (Å²) >= 11 is 0. The number of aliphatic hydroxyl groups excluding tert-OH is 1. The smallest absolute Gasteiger partial charge is 0.404 e. The Bertz CT molecular complexity index is 370. The summed E-state index contributed by atoms with van der Waals surface area (Å²) in [6, 6.07) is -0.964. The number of amides is 2. The molecule has 1 aliphatic heterocycles. The molecule has 0 aromatic heterocycles. The van der Waals surface area contributed by atoms with Gasteiger partial charge < -0.3 is 26.2 Å². The van der Waals surface area contributed by atoms with Crippen LogP contribution in [0.15, 0.2) is 0 Å². The van der Waals surface area contributed by atoms with Crippen LogP contribution in [0.3, 0.4) is 0 Å². The first-order valence-electron chi connectivity index (χ1n) is 7.70. The molecule has 1 fully saturated rings. The summed E-state index contributed by atoms with van der Waals surface area (Å²) in [5, 5.41) is 20.4. The third kappa shape index (κ3) is 6.17. The van der Waals surface area contributed by atoms with Crippen molar-refractivity contribution in [3.8, 4) is 0 Å². The predicted octanol–water partition coefficient (Wildman–Crippen LogP) is -0.867. The fourth-order valence-corrected chi connectivity index (χ4v) is 2.70. The molecule has 1 saturated heterocycles. The number of nitrogens with two attached hydrogens (primary N) is 1. The van der Waals surface area contributed by atoms with Crippen molar-refractivity contribution in [2.24, 2.45) is 11.7 Å². The largest absolute Gasteiger partial charge is 0.465 e. The number of carbonyl (C=O) groups excluding carboxylic acids is 1. The SMILES string of the molecule is CC(C)C[C@@H](CN1CCN(C(=O)[C@@H](N)CO)CC1)NC(=O)O. The van der Waals surface area contributed by atoms with Crippen molar-refractivity contribution in [3.63, 3.8) is 0 Å². The van der Waals surface area contributed by atoms with Crippen molar-refractivity contribution in [1.29, 1.82) is 0 Å². The number of nitrogens with zero attached hydrogens (tertiary/aromatic N) is 2. The lowest BCUT2D eigenvalue weighted by atomic mass is 10.0. The third-order valence-corrected chi connectivity index (χ3v) is 3.76. The van der Waals surface area contributed by atoms with E-state index in [4.69, 9.17) is 15.9 Å². The number of carboxylic acid groups (broad SMARTS) is 1. The highest BCUT2D eigenvalue weighted by Gasteiger charge is 2.26. The first-order chi connectivity index (χ1) is 10.3. The Balaban J connectivity index is 2.45. The van der Waals surface area contributed by atoms with Crippen LogP contribution in [0.2, 0.25) is 0 Å². The lowest BCUT2D eigenvalue weighted by molar-refractivity contribution is -0.135. The van der Waals surface area contributed by atoms with Crippen LogP contribution < -0.4 is 11.1 Å². The highest BCUT2D eigenvalue weighted by molar-refractivity contribution is 5.81. The first-order valence-corrected chi connectivity index (χ1v) is 7.70. The Morgan fingerprint density at radius 2 is 1.82 bits per heavy atom. The van der Waals surface area contributed by atoms with E-state index in [9.17, 15) is 9.59 Å². The molecule has 1 aliphatic rings. The molecule has 2 atom stereocenters. The molecule has 22 heavy (non-hydrogen) atoms. The van der Waals surface area contributed by atoms with Gasteiger partial charge >= 0.3 is 6.09 Å². The van der Waals surface area contributed by atoms with Gasteiger partial charge in [0, 0.05) is 38.8 Å². The van der Waals surface area contributed by atoms with Gasteiger partial charge in [0.25, 0.3) is 0 Å². The zero-order valence-electron chi connectivity index (χ0n) is 13.4. The van der Waals surface area contributed by atoms with E-state index < -0.39 is 12.1 Å². The maximum Gasteiger partial charge on any atom is 0.404 e. The van der Waals surface area contributed by atoms with Crippen LogP contribution in [0.4, 0.5) is 4.79 Å². The van der Waals surface area contributed by atoms with Gasteiger partial charge in [0.2, 0.25) is 5.91 Å². The van der Waals surface area contributed by atoms with E-state index in [-0.39, 0.29) is 18.6 Å². The van der Waals surface area contributed by atoms with Crippen LogP contribution in [0.1, 0.15) is 20.3 Å². The van der Waals surface area contributed by atoms with Crippen molar-refractivity contribution in [2.75, 3.05) is 39.3 Å². The molecule has 128 valence electrons. The number of hydrogen-bond donors (Lipinski definition) is 4. The zero-order valence-corrected chi connectivity index (χ0v) is 13.4. The quantitative estimate of drug-likeness (QED) is 0.485. The van der Waals surface area contributed by atoms with Crippen molar-refractivity contribution < 1.29 is 19.8 Å². The second kappa shape index (κ2) is 8.92. The van der Waals surface area contributed by atoms with Gasteiger partial charge in [-0.05, 0) is 12.3 Å². The number of rotatable bonds is 7. The molecule has 0 aromatic rings. The normalized spacial score (nSPS) is 19.0. The molecule has 8 nitrogen and oxygen atoms in total. The summed E-state index contributed by atoms with van der Waals surface area (Å²) in [4.78, 5) is 26.5. The molecule has 1 rings (SSSR count). The maximum absolute atomic E-state index is 11.9. The monoisotopic (exact) mass is 316 g/mol. The van der Waals surface area contributed by atoms with Crippen LogP contribution in [-0.2, 0) is 4.79 Å². The van der Waals surface area contributed by atoms with E-state index in [0.29, 0.717) is 38.6 Å². The molecule has 0 aliphatic carbocycles. The van der Waals surface area contributed by atoms with Crippen molar-refractivity contribution in [2.45, 2.75) is 32.4 Å². The summed E-state index contributed by atoms with van der Waals surface area (Å²) in [7, 11) is 0. The molecule has 0 saturated carbocycles. The first kappa shape index (κ1) is 18.7. The second-order valence-electron chi connectivity index (χ2n) is 6.19. The summed E-state index contributed by atoms with van der Waals surface area (Å²) in [6.45, 7) is 6.87. The second-order valence-corrected chi connectivity index (χ2v) is 6.19. The van der Waals surface area contributed by atoms with E-state index in [2.05, 4.69) is 24.1 Å². The standard InChI is InChI=1S/C14H28N4O4/c1-10(2)7-11(16-14(21)22)8-17-3-5-18(6-4-17)13(20)12(15)9-19/h10-12,16,19H,3-9,15H2,1-2H3,(H,21,22)/t11-,12-/m0/s1. The molecule has 0 radical (unpaired) electrons. The van der Waals surface area contributed by atoms with Gasteiger partial charge in [-0.15, -0.1) is 0 Å². The number of aliphatic hydroxyl groups is 1. The molecule has 2 amide bonds. The van der Waals surface area contributed by atoms with Crippen molar-refractivity contribution in [3.05, 3.63) is 0 Å². The number of piperazine rings is 1. The van der Waals surface area contributed by atoms with Crippen LogP contribution in [0.5, 0.6) is 0 Å². The lowest BCUT2D eigenvalue weighted by Gasteiger charge is -2.37. The molecule has 0 bridgehead atoms. The summed E-state index contributed by atoms with van der Waals surface area (Å²) in [5.74, 6) is 0.173. The molecule has 5 N–H and O–H groups in total. The van der Waals surface area contributed by atoms with Crippen LogP contribution in [0.25, 0.3) is 0 Å². The van der Waals surface area contributed by atoms with Gasteiger partial charge in [0.15, 0.2) is 0 Å². The molecular weight excluding hydrogens is 288 g/mol. The van der Waals surface area contributed by atoms with E-state index in [1.807, 2.05) is 0 Å². The van der Waals surface area contributed by atoms with Gasteiger partial charge in [-0.2, -0.15) is 0 Å². The van der Waals surface area contributed by atoms with Crippen LogP contribution in [-0.4, -0.2) is 83.4 Å². The Labute approximate surface area is 131 Å². The Morgan fingerprint density at radius 1 is 1.23 bits per heavy atom. The topological polar surface area (TPSA) is 119 Å². The summed E-state index contributed by atoms with van der Waals surface area (Å²) in [5.41, 5.74) is 5.54. The van der Waals surface area contributed by atoms with E-state index in [1.54, 1.807) is 4.90 Å². The Hall–Kier alpha value is -1.38. The molecule has 0 aromatic carbocycles. The van der Waals surface area contributed by atoms with Crippen molar-refractivity contribution in [1.82, 2.24) is 15.1 Å². The van der Waals surface area contributed by atoms with Crippen molar-refractivity contribution >= 4 is 12.0 Å². The molecule has 0 unspecified atom stereocenters. The minimum absolute atomic E-state index is 0.112. The molecule has 8 heteroatoms. The fourth-order valence-electron chi connectivity index (χ4n) is 2.70. The predicted molar refractivity (Wildman–Crippen MR) is 82.5 cm³/mol. The molecule has 0 spiro atoms. The minimum atomic E-state index is -1.01. The number of carbonyl (C=O) groups is 2. The highest BCUT2D eigenvalue weighted by Crippen LogP contribution is 2.09. The van der Waals surface area contributed by atoms with Gasteiger partial charge in [0.05, 0.1) is 6.61 Å². The average molecular weight is 316 g/mol. The Morgan fingerprint density at radius 3 is 2.27 bits per heavy atom. The summed E-state index contributed by atoms with van der Waals surface area (Å²) in [6.07, 6.45) is -0.228. The molecule has 1 heterocycles. The number of hydrogen-bond acceptors (Lipinski definition) is 5. The van der Waals surface area contributed by atoms with E-state index >= 15 is 0 Å². The fraction of sp³-hybridized carbons (Fsp3) is 0.857. The van der Waals surface area contributed by atoms with Gasteiger partial charge in [-0.25, -0.2) is 4.79 Å². The van der Waals surface area contributed by atoms with Crippen LogP contribution >= 0.6 is 0 Å². The third-order valence-electron chi connectivity index (χ3n) is 3.76. The lowest BCUT2D eigenvalue weighted by Crippen LogP contribution is -2.56. The van der Waals surface area contributed by atoms with Gasteiger partial charge in [0.1, 0.15) is 6.04 Å². The molecular formula is C14H28N4O4. The zero-order chi connectivity index (χ0) is 16.7.